The second kappa shape index (κ2) is 7.82. The van der Waals surface area contributed by atoms with Crippen LogP contribution in [0.5, 0.6) is 0 Å². The van der Waals surface area contributed by atoms with Crippen LogP contribution in [-0.2, 0) is 9.53 Å². The van der Waals surface area contributed by atoms with Crippen LogP contribution in [0, 0.1) is 10.1 Å². The molecule has 0 saturated heterocycles. The Morgan fingerprint density at radius 2 is 2.04 bits per heavy atom. The summed E-state index contributed by atoms with van der Waals surface area (Å²) in [5, 5.41) is 24.9. The summed E-state index contributed by atoms with van der Waals surface area (Å²) in [4.78, 5) is 33.2. The third-order valence-electron chi connectivity index (χ3n) is 2.66. The Labute approximate surface area is 143 Å². The number of nitro benzene ring substituents is 1. The molecule has 0 aliphatic heterocycles. The van der Waals surface area contributed by atoms with E-state index in [0.717, 1.165) is 0 Å². The maximum Gasteiger partial charge on any atom is 0.408 e. The molecule has 1 rings (SSSR count). The first-order valence-electron chi connectivity index (χ1n) is 6.90. The number of hydrogen-bond acceptors (Lipinski definition) is 6. The SMILES string of the molecule is CC(C)(C)OC(=O)NC(CNc1cccc(Cl)c1[N+](=O)[O-])C(=O)O. The van der Waals surface area contributed by atoms with Gasteiger partial charge in [-0.15, -0.1) is 0 Å². The highest BCUT2D eigenvalue weighted by Crippen LogP contribution is 2.32. The van der Waals surface area contributed by atoms with Crippen molar-refractivity contribution in [1.29, 1.82) is 0 Å². The van der Waals surface area contributed by atoms with E-state index >= 15 is 0 Å². The molecule has 0 spiro atoms. The lowest BCUT2D eigenvalue weighted by molar-refractivity contribution is -0.383. The molecule has 24 heavy (non-hydrogen) atoms. The van der Waals surface area contributed by atoms with Crippen molar-refractivity contribution in [2.75, 3.05) is 11.9 Å². The number of halogens is 1. The van der Waals surface area contributed by atoms with Gasteiger partial charge >= 0.3 is 17.7 Å². The van der Waals surface area contributed by atoms with Crippen LogP contribution >= 0.6 is 11.6 Å². The number of rotatable bonds is 6. The van der Waals surface area contributed by atoms with E-state index in [9.17, 15) is 19.7 Å². The number of amides is 1. The van der Waals surface area contributed by atoms with E-state index in [0.29, 0.717) is 0 Å². The lowest BCUT2D eigenvalue weighted by atomic mass is 10.2. The molecule has 132 valence electrons. The van der Waals surface area contributed by atoms with Crippen LogP contribution in [0.25, 0.3) is 0 Å². The van der Waals surface area contributed by atoms with Crippen molar-refractivity contribution in [2.24, 2.45) is 0 Å². The fourth-order valence-electron chi connectivity index (χ4n) is 1.71. The number of hydrogen-bond donors (Lipinski definition) is 3. The summed E-state index contributed by atoms with van der Waals surface area (Å²) in [6.07, 6.45) is -0.905. The Morgan fingerprint density at radius 1 is 1.42 bits per heavy atom. The Hall–Kier alpha value is -2.55. The van der Waals surface area contributed by atoms with E-state index in [-0.39, 0.29) is 22.9 Å². The molecule has 0 radical (unpaired) electrons. The molecule has 9 nitrogen and oxygen atoms in total. The third kappa shape index (κ3) is 5.92. The molecular formula is C14H18ClN3O6. The number of nitrogens with zero attached hydrogens (tertiary/aromatic N) is 1. The van der Waals surface area contributed by atoms with Gasteiger partial charge in [-0.05, 0) is 32.9 Å². The zero-order valence-corrected chi connectivity index (χ0v) is 14.1. The largest absolute Gasteiger partial charge is 0.480 e. The maximum absolute atomic E-state index is 11.7. The minimum absolute atomic E-state index is 0.0461. The lowest BCUT2D eigenvalue weighted by Crippen LogP contribution is -2.47. The average molecular weight is 360 g/mol. The van der Waals surface area contributed by atoms with Gasteiger partial charge in [0, 0.05) is 6.54 Å². The van der Waals surface area contributed by atoms with E-state index in [1.807, 2.05) is 0 Å². The van der Waals surface area contributed by atoms with Crippen molar-refractivity contribution < 1.29 is 24.4 Å². The second-order valence-corrected chi connectivity index (χ2v) is 6.22. The van der Waals surface area contributed by atoms with E-state index in [2.05, 4.69) is 10.6 Å². The molecule has 0 saturated carbocycles. The molecule has 0 bridgehead atoms. The van der Waals surface area contributed by atoms with Crippen LogP contribution in [0.2, 0.25) is 5.02 Å². The summed E-state index contributed by atoms with van der Waals surface area (Å²) < 4.78 is 4.98. The first-order valence-corrected chi connectivity index (χ1v) is 7.28. The summed E-state index contributed by atoms with van der Waals surface area (Å²) in [5.74, 6) is -1.32. The van der Waals surface area contributed by atoms with E-state index in [1.54, 1.807) is 20.8 Å². The van der Waals surface area contributed by atoms with Gasteiger partial charge in [0.1, 0.15) is 22.4 Å². The fraction of sp³-hybridized carbons (Fsp3) is 0.429. The quantitative estimate of drug-likeness (QED) is 0.525. The van der Waals surface area contributed by atoms with Crippen molar-refractivity contribution in [1.82, 2.24) is 5.32 Å². The molecular weight excluding hydrogens is 342 g/mol. The molecule has 0 aliphatic rings. The van der Waals surface area contributed by atoms with Crippen LogP contribution in [0.4, 0.5) is 16.2 Å². The number of carbonyl (C=O) groups excluding carboxylic acids is 1. The summed E-state index contributed by atoms with van der Waals surface area (Å²) in [6, 6.07) is 2.86. The van der Waals surface area contributed by atoms with Gasteiger partial charge in [0.15, 0.2) is 0 Å². The van der Waals surface area contributed by atoms with Crippen LogP contribution in [0.1, 0.15) is 20.8 Å². The van der Waals surface area contributed by atoms with Crippen molar-refractivity contribution in [3.05, 3.63) is 33.3 Å². The van der Waals surface area contributed by atoms with E-state index in [1.165, 1.54) is 18.2 Å². The highest BCUT2D eigenvalue weighted by atomic mass is 35.5. The smallest absolute Gasteiger partial charge is 0.408 e. The van der Waals surface area contributed by atoms with Crippen molar-refractivity contribution in [2.45, 2.75) is 32.4 Å². The second-order valence-electron chi connectivity index (χ2n) is 5.81. The molecule has 0 fully saturated rings. The van der Waals surface area contributed by atoms with Gasteiger partial charge < -0.3 is 20.5 Å². The molecule has 0 aliphatic carbocycles. The Balaban J connectivity index is 2.82. The van der Waals surface area contributed by atoms with Crippen LogP contribution < -0.4 is 10.6 Å². The number of nitro groups is 1. The van der Waals surface area contributed by atoms with Gasteiger partial charge in [-0.25, -0.2) is 9.59 Å². The fourth-order valence-corrected chi connectivity index (χ4v) is 1.95. The van der Waals surface area contributed by atoms with Gasteiger partial charge in [0.2, 0.25) is 0 Å². The van der Waals surface area contributed by atoms with Gasteiger partial charge in [-0.2, -0.15) is 0 Å². The predicted octanol–water partition coefficient (Wildman–Crippen LogP) is 2.64. The van der Waals surface area contributed by atoms with Gasteiger partial charge in [0.25, 0.3) is 0 Å². The topological polar surface area (TPSA) is 131 Å². The zero-order chi connectivity index (χ0) is 18.5. The van der Waals surface area contributed by atoms with Crippen LogP contribution in [0.15, 0.2) is 18.2 Å². The minimum atomic E-state index is -1.35. The molecule has 10 heteroatoms. The molecule has 1 amide bonds. The summed E-state index contributed by atoms with van der Waals surface area (Å²) in [5.41, 5.74) is -1.11. The number of nitrogens with one attached hydrogen (secondary N) is 2. The number of ether oxygens (including phenoxy) is 1. The lowest BCUT2D eigenvalue weighted by Gasteiger charge is -2.22. The van der Waals surface area contributed by atoms with Gasteiger partial charge in [-0.1, -0.05) is 17.7 Å². The summed E-state index contributed by atoms with van der Waals surface area (Å²) >= 11 is 5.77. The number of carboxylic acids is 1. The molecule has 1 aromatic rings. The monoisotopic (exact) mass is 359 g/mol. The highest BCUT2D eigenvalue weighted by molar-refractivity contribution is 6.33. The molecule has 1 aromatic carbocycles. The van der Waals surface area contributed by atoms with Crippen molar-refractivity contribution in [3.63, 3.8) is 0 Å². The van der Waals surface area contributed by atoms with Crippen molar-refractivity contribution >= 4 is 35.0 Å². The number of benzene rings is 1. The Bertz CT molecular complexity index is 644. The van der Waals surface area contributed by atoms with Crippen LogP contribution in [0.3, 0.4) is 0 Å². The molecule has 0 heterocycles. The number of para-hydroxylation sites is 1. The first kappa shape index (κ1) is 19.5. The molecule has 3 N–H and O–H groups in total. The van der Waals surface area contributed by atoms with E-state index in [4.69, 9.17) is 21.4 Å². The third-order valence-corrected chi connectivity index (χ3v) is 2.96. The summed E-state index contributed by atoms with van der Waals surface area (Å²) in [6.45, 7) is 4.61. The highest BCUT2D eigenvalue weighted by Gasteiger charge is 2.25. The van der Waals surface area contributed by atoms with Gasteiger partial charge in [0.05, 0.1) is 4.92 Å². The van der Waals surface area contributed by atoms with Crippen molar-refractivity contribution in [3.8, 4) is 0 Å². The van der Waals surface area contributed by atoms with Crippen LogP contribution in [-0.4, -0.2) is 40.3 Å². The first-order chi connectivity index (χ1) is 11.0. The Kier molecular flexibility index (Phi) is 6.35. The van der Waals surface area contributed by atoms with E-state index < -0.39 is 28.6 Å². The maximum atomic E-state index is 11.7. The number of carbonyl (C=O) groups is 2. The Morgan fingerprint density at radius 3 is 2.54 bits per heavy atom. The molecule has 1 atom stereocenters. The minimum Gasteiger partial charge on any atom is -0.480 e. The number of alkyl carbamates (subject to hydrolysis) is 1. The number of anilines is 1. The average Bonchev–Trinajstić information content (AvgIpc) is 2.40. The molecule has 1 unspecified atom stereocenters. The predicted molar refractivity (Wildman–Crippen MR) is 87.4 cm³/mol. The zero-order valence-electron chi connectivity index (χ0n) is 13.3. The number of aliphatic carboxylic acids is 1. The number of carboxylic acid groups (broad SMARTS) is 1. The van der Waals surface area contributed by atoms with Gasteiger partial charge in [-0.3, -0.25) is 10.1 Å². The normalized spacial score (nSPS) is 12.2. The standard InChI is InChI=1S/C14H18ClN3O6/c1-14(2,3)24-13(21)17-10(12(19)20)7-16-9-6-4-5-8(15)11(9)18(22)23/h4-6,10,16H,7H2,1-3H3,(H,17,21)(H,19,20). The molecule has 0 aromatic heterocycles. The summed E-state index contributed by atoms with van der Waals surface area (Å²) in [7, 11) is 0.